The van der Waals surface area contributed by atoms with Crippen molar-refractivity contribution in [2.75, 3.05) is 12.4 Å². The van der Waals surface area contributed by atoms with Gasteiger partial charge in [-0.25, -0.2) is 10.4 Å². The monoisotopic (exact) mass is 589 g/mol. The summed E-state index contributed by atoms with van der Waals surface area (Å²) in [7, 11) is 0. The molecule has 0 radical (unpaired) electrons. The van der Waals surface area contributed by atoms with Crippen LogP contribution in [0.5, 0.6) is 11.5 Å². The van der Waals surface area contributed by atoms with Gasteiger partial charge in [-0.2, -0.15) is 5.10 Å². The summed E-state index contributed by atoms with van der Waals surface area (Å²) in [4.78, 5) is 16.7. The molecule has 4 aromatic rings. The largest absolute Gasteiger partial charge is 0.490 e. The third-order valence-electron chi connectivity index (χ3n) is 4.67. The number of fused-ring (bicyclic) bond motifs is 1. The fraction of sp³-hybridized carbons (Fsp3) is 0.160. The molecule has 0 aliphatic heterocycles. The van der Waals surface area contributed by atoms with E-state index in [2.05, 4.69) is 31.4 Å². The third-order valence-corrected chi connectivity index (χ3v) is 7.80. The summed E-state index contributed by atoms with van der Waals surface area (Å²) in [5.41, 5.74) is 5.11. The zero-order chi connectivity index (χ0) is 24.6. The normalized spacial score (nSPS) is 11.2. The van der Waals surface area contributed by atoms with Crippen molar-refractivity contribution < 1.29 is 14.3 Å². The predicted octanol–water partition coefficient (Wildman–Crippen LogP) is 6.93. The quantitative estimate of drug-likeness (QED) is 0.123. The van der Waals surface area contributed by atoms with Crippen LogP contribution in [0.2, 0.25) is 5.02 Å². The van der Waals surface area contributed by atoms with E-state index in [0.29, 0.717) is 34.2 Å². The SMILES string of the molecule is CCOc1cc(/C=N\NC(=O)CSc2nc3ccccc3s2)cc(Br)c1OCc1ccccc1Cl. The minimum atomic E-state index is -0.214. The van der Waals surface area contributed by atoms with Crippen LogP contribution in [0.4, 0.5) is 0 Å². The maximum Gasteiger partial charge on any atom is 0.250 e. The van der Waals surface area contributed by atoms with Gasteiger partial charge in [0.1, 0.15) is 6.61 Å². The van der Waals surface area contributed by atoms with Gasteiger partial charge in [-0.1, -0.05) is 53.7 Å². The molecule has 0 saturated heterocycles. The number of para-hydroxylation sites is 1. The van der Waals surface area contributed by atoms with Crippen molar-refractivity contribution in [3.05, 3.63) is 81.3 Å². The molecule has 0 atom stereocenters. The first kappa shape index (κ1) is 25.5. The highest BCUT2D eigenvalue weighted by Crippen LogP contribution is 2.37. The average Bonchev–Trinajstić information content (AvgIpc) is 3.27. The predicted molar refractivity (Wildman–Crippen MR) is 147 cm³/mol. The Morgan fingerprint density at radius 1 is 1.20 bits per heavy atom. The summed E-state index contributed by atoms with van der Waals surface area (Å²) in [6, 6.07) is 19.1. The van der Waals surface area contributed by atoms with E-state index in [-0.39, 0.29) is 11.7 Å². The van der Waals surface area contributed by atoms with Gasteiger partial charge in [0.05, 0.1) is 33.3 Å². The second-order valence-electron chi connectivity index (χ2n) is 7.17. The standard InChI is InChI=1S/C25H21BrClN3O3S2/c1-2-32-21-12-16(11-18(26)24(21)33-14-17-7-3-4-8-19(17)27)13-28-30-23(31)15-34-25-29-20-9-5-6-10-22(20)35-25/h3-13H,2,14-15H2,1H3,(H,30,31)/b28-13-. The smallest absolute Gasteiger partial charge is 0.250 e. The topological polar surface area (TPSA) is 72.8 Å². The lowest BCUT2D eigenvalue weighted by atomic mass is 10.2. The molecule has 0 aliphatic rings. The number of carbonyl (C=O) groups excluding carboxylic acids is 1. The molecule has 35 heavy (non-hydrogen) atoms. The van der Waals surface area contributed by atoms with Crippen molar-refractivity contribution in [3.63, 3.8) is 0 Å². The Hall–Kier alpha value is -2.59. The van der Waals surface area contributed by atoms with Crippen LogP contribution in [-0.4, -0.2) is 29.5 Å². The van der Waals surface area contributed by atoms with E-state index in [9.17, 15) is 4.79 Å². The van der Waals surface area contributed by atoms with Crippen molar-refractivity contribution in [2.45, 2.75) is 17.9 Å². The van der Waals surface area contributed by atoms with Crippen molar-refractivity contribution in [1.82, 2.24) is 10.4 Å². The summed E-state index contributed by atoms with van der Waals surface area (Å²) in [6.45, 7) is 2.67. The van der Waals surface area contributed by atoms with Gasteiger partial charge in [0.2, 0.25) is 0 Å². The van der Waals surface area contributed by atoms with Gasteiger partial charge in [0, 0.05) is 10.6 Å². The van der Waals surface area contributed by atoms with Crippen LogP contribution in [0.3, 0.4) is 0 Å². The first-order valence-corrected chi connectivity index (χ1v) is 13.6. The van der Waals surface area contributed by atoms with Gasteiger partial charge in [0.25, 0.3) is 5.91 Å². The molecule has 0 spiro atoms. The Labute approximate surface area is 224 Å². The Kier molecular flexibility index (Phi) is 9.03. The average molecular weight is 591 g/mol. The van der Waals surface area contributed by atoms with Crippen LogP contribution >= 0.6 is 50.6 Å². The lowest BCUT2D eigenvalue weighted by molar-refractivity contribution is -0.118. The van der Waals surface area contributed by atoms with Gasteiger partial charge < -0.3 is 9.47 Å². The molecular formula is C25H21BrClN3O3S2. The van der Waals surface area contributed by atoms with Gasteiger partial charge >= 0.3 is 0 Å². The van der Waals surface area contributed by atoms with E-state index < -0.39 is 0 Å². The highest BCUT2D eigenvalue weighted by atomic mass is 79.9. The van der Waals surface area contributed by atoms with Crippen molar-refractivity contribution in [2.24, 2.45) is 5.10 Å². The second-order valence-corrected chi connectivity index (χ2v) is 10.7. The maximum atomic E-state index is 12.2. The molecule has 0 bridgehead atoms. The first-order valence-electron chi connectivity index (χ1n) is 10.7. The first-order chi connectivity index (χ1) is 17.0. The van der Waals surface area contributed by atoms with E-state index in [1.165, 1.54) is 11.8 Å². The van der Waals surface area contributed by atoms with Crippen LogP contribution in [0.25, 0.3) is 10.2 Å². The molecule has 0 aliphatic carbocycles. The summed E-state index contributed by atoms with van der Waals surface area (Å²) in [5, 5.41) is 4.73. The molecule has 4 rings (SSSR count). The molecule has 1 amide bonds. The number of hydrazone groups is 1. The molecule has 1 heterocycles. The zero-order valence-corrected chi connectivity index (χ0v) is 22.6. The number of thiazole rings is 1. The van der Waals surface area contributed by atoms with Crippen LogP contribution in [-0.2, 0) is 11.4 Å². The van der Waals surface area contributed by atoms with E-state index >= 15 is 0 Å². The highest BCUT2D eigenvalue weighted by molar-refractivity contribution is 9.10. The number of rotatable bonds is 10. The molecule has 10 heteroatoms. The summed E-state index contributed by atoms with van der Waals surface area (Å²) in [5.74, 6) is 1.14. The molecular weight excluding hydrogens is 570 g/mol. The summed E-state index contributed by atoms with van der Waals surface area (Å²) >= 11 is 12.7. The van der Waals surface area contributed by atoms with Gasteiger partial charge in [-0.15, -0.1) is 11.3 Å². The molecule has 0 fully saturated rings. The molecule has 0 saturated carbocycles. The number of carbonyl (C=O) groups is 1. The second kappa shape index (κ2) is 12.4. The minimum Gasteiger partial charge on any atom is -0.490 e. The Balaban J connectivity index is 1.36. The highest BCUT2D eigenvalue weighted by Gasteiger charge is 2.13. The maximum absolute atomic E-state index is 12.2. The van der Waals surface area contributed by atoms with Crippen LogP contribution in [0.1, 0.15) is 18.1 Å². The van der Waals surface area contributed by atoms with E-state index in [1.807, 2.05) is 67.6 Å². The van der Waals surface area contributed by atoms with Crippen LogP contribution in [0.15, 0.2) is 74.6 Å². The number of nitrogens with one attached hydrogen (secondary N) is 1. The van der Waals surface area contributed by atoms with Crippen molar-refractivity contribution in [3.8, 4) is 11.5 Å². The number of thioether (sulfide) groups is 1. The zero-order valence-electron chi connectivity index (χ0n) is 18.7. The lowest BCUT2D eigenvalue weighted by Gasteiger charge is -2.15. The number of aromatic nitrogens is 1. The molecule has 0 unspecified atom stereocenters. The minimum absolute atomic E-state index is 0.214. The Bertz CT molecular complexity index is 1330. The van der Waals surface area contributed by atoms with Crippen LogP contribution in [0, 0.1) is 0 Å². The number of hydrogen-bond donors (Lipinski definition) is 1. The number of ether oxygens (including phenoxy) is 2. The number of halogens is 2. The molecule has 3 aromatic carbocycles. The van der Waals surface area contributed by atoms with E-state index in [4.69, 9.17) is 21.1 Å². The van der Waals surface area contributed by atoms with Crippen molar-refractivity contribution >= 4 is 73.0 Å². The van der Waals surface area contributed by atoms with Crippen LogP contribution < -0.4 is 14.9 Å². The lowest BCUT2D eigenvalue weighted by Crippen LogP contribution is -2.19. The molecule has 180 valence electrons. The van der Waals surface area contributed by atoms with Gasteiger partial charge in [-0.05, 0) is 58.7 Å². The van der Waals surface area contributed by atoms with Gasteiger partial charge in [-0.3, -0.25) is 4.79 Å². The third kappa shape index (κ3) is 6.98. The molecule has 1 N–H and O–H groups in total. The number of hydrogen-bond acceptors (Lipinski definition) is 7. The van der Waals surface area contributed by atoms with Gasteiger partial charge in [0.15, 0.2) is 15.8 Å². The summed E-state index contributed by atoms with van der Waals surface area (Å²) in [6.07, 6.45) is 1.56. The summed E-state index contributed by atoms with van der Waals surface area (Å²) < 4.78 is 14.4. The number of amides is 1. The fourth-order valence-corrected chi connectivity index (χ4v) is 5.71. The number of benzene rings is 3. The van der Waals surface area contributed by atoms with E-state index in [1.54, 1.807) is 17.6 Å². The Morgan fingerprint density at radius 2 is 2.00 bits per heavy atom. The molecule has 6 nitrogen and oxygen atoms in total. The fourth-order valence-electron chi connectivity index (χ4n) is 3.08. The Morgan fingerprint density at radius 3 is 2.80 bits per heavy atom. The van der Waals surface area contributed by atoms with E-state index in [0.717, 1.165) is 25.7 Å². The number of nitrogens with zero attached hydrogens (tertiary/aromatic N) is 2. The van der Waals surface area contributed by atoms with Crippen molar-refractivity contribution in [1.29, 1.82) is 0 Å². The molecule has 1 aromatic heterocycles.